The maximum Gasteiger partial charge on any atom is 3.00 e. The molecule has 16 nitrogen and oxygen atoms in total. The molecule has 0 radical (unpaired) electrons. The molecule has 39 heavy (non-hydrogen) atoms. The van der Waals surface area contributed by atoms with Crippen molar-refractivity contribution in [1.82, 2.24) is 0 Å². The van der Waals surface area contributed by atoms with Gasteiger partial charge in [-0.1, -0.05) is 11.1 Å². The number of ketones is 4. The van der Waals surface area contributed by atoms with E-state index in [1.165, 1.54) is 27.7 Å². The molecular weight excluding hydrogens is 571 g/mol. The molecule has 0 aliphatic rings. The fourth-order valence-corrected chi connectivity index (χ4v) is 3.30. The molecule has 0 fully saturated rings. The fourth-order valence-electron chi connectivity index (χ4n) is 3.30. The van der Waals surface area contributed by atoms with Gasteiger partial charge in [0.1, 0.15) is 0 Å². The molecular formula is C22H22CoN4O12+5. The number of nitro groups is 4. The van der Waals surface area contributed by atoms with E-state index in [-0.39, 0.29) is 62.9 Å². The second kappa shape index (κ2) is 14.0. The Hall–Kier alpha value is -5.03. The van der Waals surface area contributed by atoms with Crippen LogP contribution in [0, 0.1) is 52.3 Å². The van der Waals surface area contributed by atoms with Crippen molar-refractivity contribution in [1.29, 1.82) is 0 Å². The van der Waals surface area contributed by atoms with E-state index < -0.39 is 42.4 Å². The Kier molecular flexibility index (Phi) is 12.2. The molecule has 0 bridgehead atoms. The predicted octanol–water partition coefficient (Wildman–Crippen LogP) is 3.11. The Balaban J connectivity index is 0.000000722. The SMILES string of the molecule is CC(=[OH+])[C-](C(C)=[OH+])c1ccc([N+](=O)[O-])cc1[N+](=O)[O-].CC(=[OH+])[C-](C(C)=[OH+])c1ccc([N+](=O)[O-])cc1[N+](=O)[O-].[Co+3]. The maximum atomic E-state index is 10.9. The molecule has 0 atom stereocenters. The Morgan fingerprint density at radius 1 is 0.564 bits per heavy atom. The summed E-state index contributed by atoms with van der Waals surface area (Å²) < 4.78 is 0. The van der Waals surface area contributed by atoms with Crippen molar-refractivity contribution < 1.29 is 55.7 Å². The van der Waals surface area contributed by atoms with Gasteiger partial charge in [0.25, 0.3) is 34.5 Å². The Morgan fingerprint density at radius 3 is 1.00 bits per heavy atom. The molecule has 17 heteroatoms. The molecule has 4 N–H and O–H groups in total. The van der Waals surface area contributed by atoms with Crippen LogP contribution in [0.25, 0.3) is 0 Å². The largest absolute Gasteiger partial charge is 3.00 e. The van der Waals surface area contributed by atoms with E-state index in [1.807, 2.05) is 0 Å². The van der Waals surface area contributed by atoms with Crippen LogP contribution in [0.3, 0.4) is 0 Å². The van der Waals surface area contributed by atoms with E-state index in [0.717, 1.165) is 36.4 Å². The molecule has 0 heterocycles. The Bertz CT molecular complexity index is 1240. The van der Waals surface area contributed by atoms with Gasteiger partial charge in [0, 0.05) is 49.7 Å². The van der Waals surface area contributed by atoms with Crippen LogP contribution in [-0.4, -0.2) is 62.0 Å². The summed E-state index contributed by atoms with van der Waals surface area (Å²) in [7, 11) is 0. The summed E-state index contributed by atoms with van der Waals surface area (Å²) in [6.45, 7) is 5.00. The Morgan fingerprint density at radius 2 is 0.821 bits per heavy atom. The number of carbonyl (C=O) groups excluding carboxylic acids is 4. The summed E-state index contributed by atoms with van der Waals surface area (Å²) in [6, 6.07) is 5.92. The van der Waals surface area contributed by atoms with Crippen LogP contribution in [-0.2, 0) is 16.8 Å². The standard InChI is InChI=1S/2C11H9N2O6.Co/c2*1-6(14)11(7(2)15)9-4-3-8(12(16)17)5-10(9)13(18)19;/h2*3-5H,1-2H3;/q2*-1;+3/p+4. The molecule has 0 saturated heterocycles. The number of benzene rings is 2. The van der Waals surface area contributed by atoms with Crippen molar-refractivity contribution >= 4 is 45.9 Å². The zero-order valence-corrected chi connectivity index (χ0v) is 21.7. The van der Waals surface area contributed by atoms with Gasteiger partial charge in [-0.3, -0.25) is 59.6 Å². The van der Waals surface area contributed by atoms with Gasteiger partial charge in [0.2, 0.25) is 0 Å². The van der Waals surface area contributed by atoms with Crippen molar-refractivity contribution in [3.05, 3.63) is 99.8 Å². The molecule has 0 aliphatic heterocycles. The fraction of sp³-hybridized carbons (Fsp3) is 0.182. The third kappa shape index (κ3) is 8.51. The average Bonchev–Trinajstić information content (AvgIpc) is 2.78. The summed E-state index contributed by atoms with van der Waals surface area (Å²) >= 11 is 0. The van der Waals surface area contributed by atoms with Gasteiger partial charge < -0.3 is 0 Å². The van der Waals surface area contributed by atoms with Gasteiger partial charge in [-0.05, 0) is 12.1 Å². The second-order valence-electron chi connectivity index (χ2n) is 7.52. The zero-order valence-electron chi connectivity index (χ0n) is 20.6. The van der Waals surface area contributed by atoms with Crippen molar-refractivity contribution in [2.45, 2.75) is 27.7 Å². The monoisotopic (exact) mass is 593 g/mol. The van der Waals surface area contributed by atoms with Crippen LogP contribution < -0.4 is 0 Å². The number of nitro benzene ring substituents is 4. The first kappa shape index (κ1) is 34.0. The number of hydrogen-bond donors (Lipinski definition) is 0. The molecule has 2 aromatic carbocycles. The quantitative estimate of drug-likeness (QED) is 0.130. The van der Waals surface area contributed by atoms with Crippen LogP contribution >= 0.6 is 0 Å². The topological polar surface area (TPSA) is 258 Å². The summed E-state index contributed by atoms with van der Waals surface area (Å²) in [6.07, 6.45) is 0. The van der Waals surface area contributed by atoms with Crippen molar-refractivity contribution in [2.75, 3.05) is 0 Å². The van der Waals surface area contributed by atoms with E-state index in [9.17, 15) is 59.6 Å². The third-order valence-electron chi connectivity index (χ3n) is 4.76. The number of non-ortho nitro benzene ring substituents is 2. The molecule has 2 rings (SSSR count). The van der Waals surface area contributed by atoms with Crippen LogP contribution in [0.1, 0.15) is 38.8 Å². The van der Waals surface area contributed by atoms with E-state index >= 15 is 0 Å². The first-order valence-corrected chi connectivity index (χ1v) is 10.2. The smallest absolute Gasteiger partial charge is 0.292 e. The van der Waals surface area contributed by atoms with Crippen LogP contribution in [0.4, 0.5) is 22.7 Å². The average molecular weight is 593 g/mol. The van der Waals surface area contributed by atoms with Crippen LogP contribution in [0.5, 0.6) is 0 Å². The molecule has 0 aromatic heterocycles. The molecule has 0 unspecified atom stereocenters. The van der Waals surface area contributed by atoms with Crippen LogP contribution in [0.15, 0.2) is 36.4 Å². The van der Waals surface area contributed by atoms with Gasteiger partial charge in [-0.2, -0.15) is 0 Å². The minimum Gasteiger partial charge on any atom is -0.292 e. The zero-order chi connectivity index (χ0) is 29.5. The first-order valence-electron chi connectivity index (χ1n) is 10.2. The molecule has 0 saturated carbocycles. The van der Waals surface area contributed by atoms with Gasteiger partial charge in [-0.25, -0.2) is 0 Å². The molecule has 2 aromatic rings. The van der Waals surface area contributed by atoms with Crippen LogP contribution in [0.2, 0.25) is 0 Å². The summed E-state index contributed by atoms with van der Waals surface area (Å²) in [5.41, 5.74) is -2.19. The maximum absolute atomic E-state index is 10.9. The Labute approximate surface area is 229 Å². The normalized spacial score (nSPS) is 9.54. The minimum atomic E-state index is -0.811. The number of hydrogen-bond acceptors (Lipinski definition) is 8. The molecule has 0 amide bonds. The van der Waals surface area contributed by atoms with E-state index in [1.54, 1.807) is 0 Å². The summed E-state index contributed by atoms with van der Waals surface area (Å²) in [5, 5.41) is 43.1. The predicted molar refractivity (Wildman–Crippen MR) is 135 cm³/mol. The van der Waals surface area contributed by atoms with E-state index in [2.05, 4.69) is 0 Å². The minimum absolute atomic E-state index is 0. The van der Waals surface area contributed by atoms with Crippen molar-refractivity contribution in [3.63, 3.8) is 0 Å². The number of rotatable bonds is 10. The first-order chi connectivity index (χ1) is 17.5. The second-order valence-corrected chi connectivity index (χ2v) is 7.52. The third-order valence-corrected chi connectivity index (χ3v) is 4.76. The van der Waals surface area contributed by atoms with E-state index in [0.29, 0.717) is 0 Å². The van der Waals surface area contributed by atoms with Gasteiger partial charge in [0.05, 0.1) is 21.7 Å². The number of nitrogens with zero attached hydrogens (tertiary/aromatic N) is 4. The molecule has 0 spiro atoms. The van der Waals surface area contributed by atoms with E-state index in [4.69, 9.17) is 0 Å². The summed E-state index contributed by atoms with van der Waals surface area (Å²) in [4.78, 5) is 77.8. The molecule has 0 aliphatic carbocycles. The van der Waals surface area contributed by atoms with Gasteiger partial charge in [-0.15, -0.1) is 12.1 Å². The van der Waals surface area contributed by atoms with Gasteiger partial charge in [0.15, 0.2) is 11.4 Å². The van der Waals surface area contributed by atoms with Crippen molar-refractivity contribution in [3.8, 4) is 0 Å². The molecule has 206 valence electrons. The van der Waals surface area contributed by atoms with Gasteiger partial charge >= 0.3 is 16.8 Å². The summed E-state index contributed by atoms with van der Waals surface area (Å²) in [5.74, 6) is -1.54. The van der Waals surface area contributed by atoms with Crippen molar-refractivity contribution in [2.24, 2.45) is 0 Å².